The minimum atomic E-state index is -4.19. The first-order valence-corrected chi connectivity index (χ1v) is 5.34. The summed E-state index contributed by atoms with van der Waals surface area (Å²) < 4.78 is 54.0. The molecule has 0 heterocycles. The van der Waals surface area contributed by atoms with Crippen LogP contribution in [0.15, 0.2) is 22.7 Å². The SMILES string of the molecule is OCc1cc(OCC(F)(F)C(F)F)ccc1Br. The molecular weight excluding hydrogens is 308 g/mol. The summed E-state index contributed by atoms with van der Waals surface area (Å²) in [7, 11) is 0. The lowest BCUT2D eigenvalue weighted by atomic mass is 10.2. The summed E-state index contributed by atoms with van der Waals surface area (Å²) in [5.41, 5.74) is 0.419. The Bertz CT molecular complexity index is 385. The van der Waals surface area contributed by atoms with Gasteiger partial charge in [-0.25, -0.2) is 8.78 Å². The van der Waals surface area contributed by atoms with E-state index in [0.29, 0.717) is 10.0 Å². The van der Waals surface area contributed by atoms with E-state index < -0.39 is 19.0 Å². The van der Waals surface area contributed by atoms with Gasteiger partial charge >= 0.3 is 12.3 Å². The summed E-state index contributed by atoms with van der Waals surface area (Å²) in [5, 5.41) is 8.91. The number of rotatable bonds is 5. The van der Waals surface area contributed by atoms with Gasteiger partial charge in [0.15, 0.2) is 6.61 Å². The molecule has 0 aliphatic carbocycles. The highest BCUT2D eigenvalue weighted by molar-refractivity contribution is 9.10. The van der Waals surface area contributed by atoms with Crippen LogP contribution in [0.25, 0.3) is 0 Å². The van der Waals surface area contributed by atoms with E-state index >= 15 is 0 Å². The Kier molecular flexibility index (Phi) is 4.76. The van der Waals surface area contributed by atoms with Crippen LogP contribution in [0.1, 0.15) is 5.56 Å². The third-order valence-corrected chi connectivity index (χ3v) is 2.71. The zero-order chi connectivity index (χ0) is 13.1. The summed E-state index contributed by atoms with van der Waals surface area (Å²) >= 11 is 3.12. The molecule has 1 aromatic rings. The summed E-state index contributed by atoms with van der Waals surface area (Å²) in [6.45, 7) is -1.72. The van der Waals surface area contributed by atoms with Crippen molar-refractivity contribution in [1.29, 1.82) is 0 Å². The number of alkyl halides is 4. The molecule has 0 amide bonds. The van der Waals surface area contributed by atoms with Gasteiger partial charge in [0.25, 0.3) is 0 Å². The second kappa shape index (κ2) is 5.68. The summed E-state index contributed by atoms with van der Waals surface area (Å²) in [6.07, 6.45) is -3.77. The fraction of sp³-hybridized carbons (Fsp3) is 0.400. The molecule has 2 nitrogen and oxygen atoms in total. The molecule has 17 heavy (non-hydrogen) atoms. The van der Waals surface area contributed by atoms with Crippen molar-refractivity contribution in [1.82, 2.24) is 0 Å². The van der Waals surface area contributed by atoms with Crippen molar-refractivity contribution in [3.63, 3.8) is 0 Å². The molecule has 1 rings (SSSR count). The number of aliphatic hydroxyl groups is 1. The van der Waals surface area contributed by atoms with Crippen molar-refractivity contribution >= 4 is 15.9 Å². The molecule has 0 aliphatic rings. The van der Waals surface area contributed by atoms with E-state index in [0.717, 1.165) is 0 Å². The summed E-state index contributed by atoms with van der Waals surface area (Å²) in [6, 6.07) is 4.11. The summed E-state index contributed by atoms with van der Waals surface area (Å²) in [4.78, 5) is 0. The van der Waals surface area contributed by atoms with Crippen molar-refractivity contribution in [3.05, 3.63) is 28.2 Å². The topological polar surface area (TPSA) is 29.5 Å². The second-order valence-corrected chi connectivity index (χ2v) is 4.12. The predicted octanol–water partition coefficient (Wildman–Crippen LogP) is 3.22. The lowest BCUT2D eigenvalue weighted by molar-refractivity contribution is -0.148. The van der Waals surface area contributed by atoms with E-state index in [2.05, 4.69) is 20.7 Å². The van der Waals surface area contributed by atoms with Gasteiger partial charge in [-0.15, -0.1) is 0 Å². The van der Waals surface area contributed by atoms with Crippen LogP contribution in [-0.2, 0) is 6.61 Å². The third-order valence-electron chi connectivity index (χ3n) is 1.94. The van der Waals surface area contributed by atoms with E-state index in [4.69, 9.17) is 5.11 Å². The molecule has 0 spiro atoms. The standard InChI is InChI=1S/C10H9BrF4O2/c11-8-2-1-7(3-6(8)4-16)17-5-10(14,15)9(12)13/h1-3,9,16H,4-5H2. The Hall–Kier alpha value is -0.820. The van der Waals surface area contributed by atoms with Gasteiger partial charge < -0.3 is 9.84 Å². The molecule has 0 radical (unpaired) electrons. The van der Waals surface area contributed by atoms with Crippen LogP contribution < -0.4 is 4.74 Å². The zero-order valence-electron chi connectivity index (χ0n) is 8.47. The Morgan fingerprint density at radius 2 is 2.00 bits per heavy atom. The van der Waals surface area contributed by atoms with Gasteiger partial charge in [-0.1, -0.05) is 15.9 Å². The molecule has 0 bridgehead atoms. The molecule has 0 aliphatic heterocycles. The van der Waals surface area contributed by atoms with Gasteiger partial charge in [-0.2, -0.15) is 8.78 Å². The lowest BCUT2D eigenvalue weighted by Crippen LogP contribution is -2.33. The van der Waals surface area contributed by atoms with Crippen LogP contribution in [-0.4, -0.2) is 24.1 Å². The molecule has 1 aromatic carbocycles. The molecule has 96 valence electrons. The molecule has 0 saturated carbocycles. The first kappa shape index (κ1) is 14.2. The Morgan fingerprint density at radius 1 is 1.35 bits per heavy atom. The molecule has 1 N–H and O–H groups in total. The smallest absolute Gasteiger partial charge is 0.340 e. The monoisotopic (exact) mass is 316 g/mol. The highest BCUT2D eigenvalue weighted by Gasteiger charge is 2.41. The minimum Gasteiger partial charge on any atom is -0.487 e. The van der Waals surface area contributed by atoms with Crippen LogP contribution in [0.2, 0.25) is 0 Å². The first-order valence-electron chi connectivity index (χ1n) is 4.55. The highest BCUT2D eigenvalue weighted by atomic mass is 79.9. The van der Waals surface area contributed by atoms with Gasteiger partial charge in [0, 0.05) is 4.47 Å². The van der Waals surface area contributed by atoms with Gasteiger partial charge in [0.1, 0.15) is 5.75 Å². The maximum atomic E-state index is 12.6. The average molecular weight is 317 g/mol. The molecule has 0 saturated heterocycles. The van der Waals surface area contributed by atoms with Gasteiger partial charge in [0.2, 0.25) is 0 Å². The number of halogens is 5. The van der Waals surface area contributed by atoms with E-state index in [1.165, 1.54) is 18.2 Å². The Labute approximate surface area is 103 Å². The maximum absolute atomic E-state index is 12.6. The number of aliphatic hydroxyl groups excluding tert-OH is 1. The van der Waals surface area contributed by atoms with Gasteiger partial charge in [-0.05, 0) is 23.8 Å². The molecule has 0 aromatic heterocycles. The highest BCUT2D eigenvalue weighted by Crippen LogP contribution is 2.26. The fourth-order valence-electron chi connectivity index (χ4n) is 1.00. The van der Waals surface area contributed by atoms with Crippen molar-refractivity contribution < 1.29 is 27.4 Å². The fourth-order valence-corrected chi connectivity index (χ4v) is 1.38. The molecule has 7 heteroatoms. The van der Waals surface area contributed by atoms with Crippen LogP contribution in [0.4, 0.5) is 17.6 Å². The van der Waals surface area contributed by atoms with Crippen LogP contribution in [0.5, 0.6) is 5.75 Å². The first-order chi connectivity index (χ1) is 7.86. The van der Waals surface area contributed by atoms with E-state index in [1.807, 2.05) is 0 Å². The maximum Gasteiger partial charge on any atom is 0.340 e. The number of hydrogen-bond donors (Lipinski definition) is 1. The predicted molar refractivity (Wildman–Crippen MR) is 56.5 cm³/mol. The Morgan fingerprint density at radius 3 is 2.53 bits per heavy atom. The molecule has 0 atom stereocenters. The van der Waals surface area contributed by atoms with Gasteiger partial charge in [-0.3, -0.25) is 0 Å². The minimum absolute atomic E-state index is 0.00225. The second-order valence-electron chi connectivity index (χ2n) is 3.26. The zero-order valence-corrected chi connectivity index (χ0v) is 10.1. The van der Waals surface area contributed by atoms with Gasteiger partial charge in [0.05, 0.1) is 6.61 Å². The van der Waals surface area contributed by atoms with Crippen LogP contribution in [0, 0.1) is 0 Å². The Balaban J connectivity index is 2.70. The van der Waals surface area contributed by atoms with Crippen molar-refractivity contribution in [2.24, 2.45) is 0 Å². The van der Waals surface area contributed by atoms with Crippen molar-refractivity contribution in [3.8, 4) is 5.75 Å². The van der Waals surface area contributed by atoms with Crippen LogP contribution in [0.3, 0.4) is 0 Å². The normalized spacial score (nSPS) is 11.9. The number of ether oxygens (including phenoxy) is 1. The summed E-state index contributed by atoms with van der Waals surface area (Å²) in [5.74, 6) is -4.19. The number of hydrogen-bond acceptors (Lipinski definition) is 2. The van der Waals surface area contributed by atoms with E-state index in [-0.39, 0.29) is 12.4 Å². The third kappa shape index (κ3) is 3.85. The quantitative estimate of drug-likeness (QED) is 0.845. The van der Waals surface area contributed by atoms with E-state index in [9.17, 15) is 17.6 Å². The largest absolute Gasteiger partial charge is 0.487 e. The van der Waals surface area contributed by atoms with Crippen molar-refractivity contribution in [2.45, 2.75) is 19.0 Å². The number of benzene rings is 1. The molecule has 0 unspecified atom stereocenters. The average Bonchev–Trinajstić information content (AvgIpc) is 2.28. The van der Waals surface area contributed by atoms with Crippen molar-refractivity contribution in [2.75, 3.05) is 6.61 Å². The van der Waals surface area contributed by atoms with Crippen LogP contribution >= 0.6 is 15.9 Å². The lowest BCUT2D eigenvalue weighted by Gasteiger charge is -2.16. The van der Waals surface area contributed by atoms with E-state index in [1.54, 1.807) is 0 Å². The molecular formula is C10H9BrF4O2. The molecule has 0 fully saturated rings.